The maximum Gasteiger partial charge on any atom is 0.155 e. The molecule has 3 fully saturated rings. The van der Waals surface area contributed by atoms with Gasteiger partial charge in [0.05, 0.1) is 6.10 Å². The van der Waals surface area contributed by atoms with Gasteiger partial charge in [0.1, 0.15) is 5.78 Å². The SMILES string of the molecule is CC1C[C@@H]2[C@H]([C@@H](O)C[C@]3(C)C(=O)CC[C@@H]23)[C@@]2(C)CCC(=O)C=C12. The third-order valence-corrected chi connectivity index (χ3v) is 7.92. The second-order valence-corrected chi connectivity index (χ2v) is 9.07. The van der Waals surface area contributed by atoms with Crippen LogP contribution in [0.25, 0.3) is 0 Å². The average Bonchev–Trinajstić information content (AvgIpc) is 2.76. The highest BCUT2D eigenvalue weighted by atomic mass is 16.3. The van der Waals surface area contributed by atoms with Crippen LogP contribution in [0.2, 0.25) is 0 Å². The second kappa shape index (κ2) is 4.78. The van der Waals surface area contributed by atoms with Crippen LogP contribution in [-0.4, -0.2) is 22.8 Å². The van der Waals surface area contributed by atoms with Gasteiger partial charge in [0.2, 0.25) is 0 Å². The summed E-state index contributed by atoms with van der Waals surface area (Å²) in [5.74, 6) is 2.03. The van der Waals surface area contributed by atoms with Crippen LogP contribution in [0.15, 0.2) is 11.6 Å². The molecular weight excluding hydrogens is 288 g/mol. The van der Waals surface area contributed by atoms with E-state index in [0.717, 1.165) is 19.3 Å². The molecule has 1 N–H and O–H groups in total. The highest BCUT2D eigenvalue weighted by Gasteiger charge is 2.62. The van der Waals surface area contributed by atoms with Crippen molar-refractivity contribution in [3.63, 3.8) is 0 Å². The van der Waals surface area contributed by atoms with E-state index in [4.69, 9.17) is 0 Å². The van der Waals surface area contributed by atoms with Gasteiger partial charge < -0.3 is 5.11 Å². The number of Topliss-reactive ketones (excluding diaryl/α,β-unsaturated/α-hetero) is 1. The summed E-state index contributed by atoms with van der Waals surface area (Å²) >= 11 is 0. The Bertz CT molecular complexity index is 606. The fourth-order valence-corrected chi connectivity index (χ4v) is 6.89. The van der Waals surface area contributed by atoms with E-state index in [2.05, 4.69) is 20.8 Å². The van der Waals surface area contributed by atoms with Crippen molar-refractivity contribution in [2.75, 3.05) is 0 Å². The molecule has 4 aliphatic rings. The van der Waals surface area contributed by atoms with Crippen molar-refractivity contribution >= 4 is 11.6 Å². The summed E-state index contributed by atoms with van der Waals surface area (Å²) in [5, 5.41) is 11.0. The molecule has 0 spiro atoms. The van der Waals surface area contributed by atoms with E-state index in [-0.39, 0.29) is 22.5 Å². The Kier molecular flexibility index (Phi) is 3.23. The zero-order valence-corrected chi connectivity index (χ0v) is 14.5. The van der Waals surface area contributed by atoms with Crippen molar-refractivity contribution in [2.24, 2.45) is 34.5 Å². The molecule has 7 atom stereocenters. The molecule has 0 heterocycles. The van der Waals surface area contributed by atoms with Gasteiger partial charge in [-0.3, -0.25) is 9.59 Å². The van der Waals surface area contributed by atoms with Crippen molar-refractivity contribution < 1.29 is 14.7 Å². The van der Waals surface area contributed by atoms with Crippen LogP contribution in [-0.2, 0) is 9.59 Å². The number of hydrogen-bond donors (Lipinski definition) is 1. The molecular formula is C20H28O3. The fourth-order valence-electron chi connectivity index (χ4n) is 6.89. The smallest absolute Gasteiger partial charge is 0.155 e. The number of carbonyl (C=O) groups excluding carboxylic acids is 2. The summed E-state index contributed by atoms with van der Waals surface area (Å²) in [4.78, 5) is 24.4. The van der Waals surface area contributed by atoms with Crippen LogP contribution in [0.1, 0.15) is 59.3 Å². The van der Waals surface area contributed by atoms with Crippen LogP contribution in [0.4, 0.5) is 0 Å². The molecule has 126 valence electrons. The first-order valence-electron chi connectivity index (χ1n) is 9.23. The molecule has 3 nitrogen and oxygen atoms in total. The van der Waals surface area contributed by atoms with E-state index < -0.39 is 6.10 Å². The second-order valence-electron chi connectivity index (χ2n) is 9.07. The van der Waals surface area contributed by atoms with Crippen LogP contribution in [0, 0.1) is 34.5 Å². The Morgan fingerprint density at radius 3 is 2.65 bits per heavy atom. The molecule has 3 heteroatoms. The van der Waals surface area contributed by atoms with E-state index in [9.17, 15) is 14.7 Å². The number of aliphatic hydroxyl groups excluding tert-OH is 1. The molecule has 1 unspecified atom stereocenters. The van der Waals surface area contributed by atoms with Crippen molar-refractivity contribution in [3.05, 3.63) is 11.6 Å². The highest BCUT2D eigenvalue weighted by Crippen LogP contribution is 2.65. The Balaban J connectivity index is 1.79. The third-order valence-electron chi connectivity index (χ3n) is 7.92. The van der Waals surface area contributed by atoms with Crippen molar-refractivity contribution in [1.82, 2.24) is 0 Å². The molecule has 0 aromatic rings. The van der Waals surface area contributed by atoms with Gasteiger partial charge in [-0.05, 0) is 60.8 Å². The molecule has 4 rings (SSSR count). The van der Waals surface area contributed by atoms with E-state index >= 15 is 0 Å². The molecule has 4 aliphatic carbocycles. The fraction of sp³-hybridized carbons (Fsp3) is 0.800. The van der Waals surface area contributed by atoms with E-state index in [1.807, 2.05) is 6.08 Å². The molecule has 0 aromatic carbocycles. The zero-order chi connectivity index (χ0) is 16.6. The van der Waals surface area contributed by atoms with Crippen molar-refractivity contribution in [2.45, 2.75) is 65.4 Å². The van der Waals surface area contributed by atoms with E-state index in [0.29, 0.717) is 42.8 Å². The first-order valence-corrected chi connectivity index (χ1v) is 9.23. The van der Waals surface area contributed by atoms with Gasteiger partial charge in [0, 0.05) is 18.3 Å². The lowest BCUT2D eigenvalue weighted by atomic mass is 9.45. The standard InChI is InChI=1S/C20H28O3/c1-11-8-13-14-4-5-17(23)20(14,3)10-16(22)18(13)19(2)7-6-12(21)9-15(11)19/h9,11,13-14,16,18,22H,4-8,10H2,1-3H3/t11?,13-,14-,16-,18+,19-,20-/m0/s1. The Morgan fingerprint density at radius 2 is 1.91 bits per heavy atom. The van der Waals surface area contributed by atoms with E-state index in [1.165, 1.54) is 5.57 Å². The number of hydrogen-bond acceptors (Lipinski definition) is 3. The topological polar surface area (TPSA) is 54.4 Å². The minimum Gasteiger partial charge on any atom is -0.393 e. The normalized spacial score (nSPS) is 52.5. The minimum atomic E-state index is -0.419. The van der Waals surface area contributed by atoms with Gasteiger partial charge in [0.15, 0.2) is 5.78 Å². The number of ketones is 2. The maximum absolute atomic E-state index is 12.5. The lowest BCUT2D eigenvalue weighted by Gasteiger charge is -2.60. The number of rotatable bonds is 0. The van der Waals surface area contributed by atoms with E-state index in [1.54, 1.807) is 0 Å². The summed E-state index contributed by atoms with van der Waals surface area (Å²) < 4.78 is 0. The van der Waals surface area contributed by atoms with Gasteiger partial charge >= 0.3 is 0 Å². The maximum atomic E-state index is 12.5. The highest BCUT2D eigenvalue weighted by molar-refractivity contribution is 5.92. The predicted octanol–water partition coefficient (Wildman–Crippen LogP) is 3.30. The van der Waals surface area contributed by atoms with Crippen molar-refractivity contribution in [3.8, 4) is 0 Å². The molecule has 0 aliphatic heterocycles. The minimum absolute atomic E-state index is 0.0668. The summed E-state index contributed by atoms with van der Waals surface area (Å²) in [6.45, 7) is 6.59. The van der Waals surface area contributed by atoms with Crippen LogP contribution in [0.3, 0.4) is 0 Å². The Morgan fingerprint density at radius 1 is 1.17 bits per heavy atom. The molecule has 0 radical (unpaired) electrons. The first-order chi connectivity index (χ1) is 10.8. The molecule has 0 saturated heterocycles. The van der Waals surface area contributed by atoms with Gasteiger partial charge in [0.25, 0.3) is 0 Å². The number of fused-ring (bicyclic) bond motifs is 5. The van der Waals surface area contributed by atoms with Crippen LogP contribution >= 0.6 is 0 Å². The molecule has 0 amide bonds. The number of allylic oxidation sites excluding steroid dienone is 1. The van der Waals surface area contributed by atoms with Gasteiger partial charge in [-0.1, -0.05) is 26.3 Å². The quantitative estimate of drug-likeness (QED) is 0.746. The first kappa shape index (κ1) is 15.6. The summed E-state index contributed by atoms with van der Waals surface area (Å²) in [6, 6.07) is 0. The summed E-state index contributed by atoms with van der Waals surface area (Å²) in [6.07, 6.45) is 6.23. The van der Waals surface area contributed by atoms with Crippen LogP contribution < -0.4 is 0 Å². The van der Waals surface area contributed by atoms with Crippen molar-refractivity contribution in [1.29, 1.82) is 0 Å². The summed E-state index contributed by atoms with van der Waals surface area (Å²) in [5.41, 5.74) is 0.882. The average molecular weight is 316 g/mol. The van der Waals surface area contributed by atoms with Gasteiger partial charge in [-0.15, -0.1) is 0 Å². The van der Waals surface area contributed by atoms with Crippen LogP contribution in [0.5, 0.6) is 0 Å². The molecule has 0 aromatic heterocycles. The predicted molar refractivity (Wildman–Crippen MR) is 87.7 cm³/mol. The zero-order valence-electron chi connectivity index (χ0n) is 14.5. The van der Waals surface area contributed by atoms with Gasteiger partial charge in [-0.2, -0.15) is 0 Å². The molecule has 3 saturated carbocycles. The third kappa shape index (κ3) is 1.92. The molecule has 23 heavy (non-hydrogen) atoms. The summed E-state index contributed by atoms with van der Waals surface area (Å²) in [7, 11) is 0. The molecule has 0 bridgehead atoms. The Hall–Kier alpha value is -0.960. The number of carbonyl (C=O) groups is 2. The number of aliphatic hydroxyl groups is 1. The largest absolute Gasteiger partial charge is 0.393 e. The lowest BCUT2D eigenvalue weighted by molar-refractivity contribution is -0.149. The monoisotopic (exact) mass is 316 g/mol. The lowest BCUT2D eigenvalue weighted by Crippen LogP contribution is -2.58. The van der Waals surface area contributed by atoms with Gasteiger partial charge in [-0.25, -0.2) is 0 Å². The Labute approximate surface area is 138 Å².